The fourth-order valence-corrected chi connectivity index (χ4v) is 19.7. The number of aliphatic hydroxyl groups is 30. The van der Waals surface area contributed by atoms with E-state index < -0.39 is 475 Å². The third-order valence-corrected chi connectivity index (χ3v) is 28.2. The van der Waals surface area contributed by atoms with Gasteiger partial charge in [0.1, 0.15) is 238 Å². The molecular weight excluding hydrogens is 2030 g/mol. The number of aliphatic carboxylic acids is 2. The first kappa shape index (κ1) is 124. The van der Waals surface area contributed by atoms with Crippen LogP contribution in [0, 0.1) is 17.3 Å². The summed E-state index contributed by atoms with van der Waals surface area (Å²) in [7, 11) is 0. The molecule has 0 bridgehead atoms. The Labute approximate surface area is 847 Å². The van der Waals surface area contributed by atoms with Crippen molar-refractivity contribution in [2.75, 3.05) is 72.7 Å². The van der Waals surface area contributed by atoms with E-state index in [9.17, 15) is 192 Å². The fourth-order valence-electron chi connectivity index (χ4n) is 19.7. The number of amides is 4. The van der Waals surface area contributed by atoms with Crippen LogP contribution in [0.25, 0.3) is 0 Å². The molecular formula is C86H144N4O59. The average Bonchev–Trinajstić information content (AvgIpc) is 0.756. The summed E-state index contributed by atoms with van der Waals surface area (Å²) in [5.74, 6) is -15.9. The summed E-state index contributed by atoms with van der Waals surface area (Å²) in [6.45, 7) is -1.51. The molecule has 0 aliphatic carbocycles. The van der Waals surface area contributed by atoms with E-state index in [-0.39, 0.29) is 0 Å². The first-order chi connectivity index (χ1) is 70.0. The molecule has 11 aliphatic heterocycles. The molecule has 11 rings (SSSR count). The number of hydrogen-bond acceptors (Lipinski definition) is 57. The van der Waals surface area contributed by atoms with Crippen molar-refractivity contribution in [3.8, 4) is 0 Å². The lowest BCUT2D eigenvalue weighted by atomic mass is 9.78. The molecule has 11 heterocycles. The Bertz CT molecular complexity index is 4250. The van der Waals surface area contributed by atoms with Crippen molar-refractivity contribution in [1.29, 1.82) is 0 Å². The summed E-state index contributed by atoms with van der Waals surface area (Å²) in [5, 5.41) is 371. The normalized spacial score (nSPS) is 46.9. The number of carbonyl (C=O) groups is 6. The lowest BCUT2D eigenvalue weighted by Gasteiger charge is -2.52. The van der Waals surface area contributed by atoms with Gasteiger partial charge in [-0.3, -0.25) is 19.2 Å². The standard InChI is InChI=1S/C86H144N4O59/c1-23-29(103)10-85(82(125)126,148-64(23)46(107)31(105)12-91)130-21-40-50(111)57(118)61(122)77(139-40)142-67-36(17-96)136-75(44(55(67)116)89-27(5)101)146-71-59(120)48(109)33(14-93)133-80(71)129-20-39-52(113)70(63(124)79(138-39)144-69-38(19-98)135-74(43(54(69)115)88-26(4)100)141-66-35(16-95)132-73(84(7,8)9)42(53(66)114)87-25(3)99)145-81-72(60(121)49(110)34(15-94)134-81)147-76-45(90-28(6)102)56(117)68(37(18-97)137-76)143-78-62(123)58(119)51(112)41(140-78)22-131-86(83(127)128)11-30(104)24(2)65(149-86)47(108)32(106)13-92/h23-24,29-81,91-98,103-124H,10-22H2,1-9H3,(H,87,99)(H,88,100)(H,89,101)(H,90,102)(H,125,126)(H,127,128)/t23?,24?,29?,30?,31-,32-,33?,34?,35?,36?,37?,38?,39?,40?,41?,42?,43?,44?,45?,46-,47-,48?,49?,50?,51?,52?,53?,54?,55?,56?,57?,58?,59?,60?,61?,62?,63?,64?,65?,66?,67?,68?,69?,70?,71?,72?,73?,74?,75?,76?,77?,78?,79?,80?,81?,85?,86?/m1/s1. The minimum absolute atomic E-state index is 0.669. The summed E-state index contributed by atoms with van der Waals surface area (Å²) in [4.78, 5) is 78.5. The van der Waals surface area contributed by atoms with Crippen molar-refractivity contribution < 1.29 is 292 Å². The number of hydrogen-bond donors (Lipinski definition) is 36. The molecule has 4 amide bonds. The number of carboxylic acid groups (broad SMARTS) is 2. The number of nitrogens with one attached hydrogen (secondary N) is 4. The van der Waals surface area contributed by atoms with Crippen molar-refractivity contribution in [1.82, 2.24) is 21.3 Å². The zero-order valence-corrected chi connectivity index (χ0v) is 81.8. The minimum Gasteiger partial charge on any atom is -0.477 e. The van der Waals surface area contributed by atoms with Gasteiger partial charge in [0.15, 0.2) is 50.3 Å². The smallest absolute Gasteiger partial charge is 0.364 e. The van der Waals surface area contributed by atoms with Gasteiger partial charge in [0.2, 0.25) is 23.6 Å². The van der Waals surface area contributed by atoms with Gasteiger partial charge in [0.25, 0.3) is 11.6 Å². The molecule has 0 saturated carbocycles. The second-order valence-electron chi connectivity index (χ2n) is 39.8. The average molecular weight is 2180 g/mol. The summed E-state index contributed by atoms with van der Waals surface area (Å²) in [6, 6.07) is -7.49. The van der Waals surface area contributed by atoms with E-state index in [1.165, 1.54) is 13.8 Å². The largest absolute Gasteiger partial charge is 0.477 e. The van der Waals surface area contributed by atoms with Gasteiger partial charge in [0, 0.05) is 52.4 Å². The molecule has 0 aromatic carbocycles. The predicted octanol–water partition coefficient (Wildman–Crippen LogP) is -21.3. The van der Waals surface area contributed by atoms with E-state index in [2.05, 4.69) is 21.3 Å². The lowest BCUT2D eigenvalue weighted by molar-refractivity contribution is -0.399. The fraction of sp³-hybridized carbons (Fsp3) is 0.930. The van der Waals surface area contributed by atoms with Gasteiger partial charge < -0.3 is 284 Å². The molecule has 53 unspecified atom stereocenters. The molecule has 862 valence electrons. The first-order valence-electron chi connectivity index (χ1n) is 48.1. The van der Waals surface area contributed by atoms with Crippen molar-refractivity contribution in [2.24, 2.45) is 17.3 Å². The topological polar surface area (TPSA) is 992 Å². The highest BCUT2D eigenvalue weighted by Gasteiger charge is 2.65. The quantitative estimate of drug-likeness (QED) is 0.0270. The molecule has 0 spiro atoms. The van der Waals surface area contributed by atoms with Crippen LogP contribution in [0.1, 0.15) is 75.2 Å². The van der Waals surface area contributed by atoms with Crippen LogP contribution >= 0.6 is 0 Å². The highest BCUT2D eigenvalue weighted by atomic mass is 16.8. The molecule has 36 N–H and O–H groups in total. The summed E-state index contributed by atoms with van der Waals surface area (Å²) >= 11 is 0. The maximum atomic E-state index is 13.3. The van der Waals surface area contributed by atoms with Crippen LogP contribution < -0.4 is 21.3 Å². The molecule has 149 heavy (non-hydrogen) atoms. The van der Waals surface area contributed by atoms with E-state index in [4.69, 9.17) is 99.5 Å². The number of aliphatic hydroxyl groups excluding tert-OH is 30. The van der Waals surface area contributed by atoms with E-state index in [1.807, 2.05) is 0 Å². The molecule has 57 atom stereocenters. The molecule has 0 aromatic rings. The number of ether oxygens (including phenoxy) is 21. The monoisotopic (exact) mass is 2180 g/mol. The van der Waals surface area contributed by atoms with Crippen LogP contribution in [-0.2, 0) is 128 Å². The Morgan fingerprint density at radius 2 is 0.584 bits per heavy atom. The van der Waals surface area contributed by atoms with Crippen molar-refractivity contribution in [3.63, 3.8) is 0 Å². The Morgan fingerprint density at radius 3 is 0.913 bits per heavy atom. The van der Waals surface area contributed by atoms with Crippen LogP contribution in [0.4, 0.5) is 0 Å². The van der Waals surface area contributed by atoms with Gasteiger partial charge in [-0.05, 0) is 5.41 Å². The van der Waals surface area contributed by atoms with E-state index >= 15 is 0 Å². The van der Waals surface area contributed by atoms with Gasteiger partial charge in [0.05, 0.1) is 109 Å². The van der Waals surface area contributed by atoms with Gasteiger partial charge >= 0.3 is 11.9 Å². The van der Waals surface area contributed by atoms with E-state index in [0.29, 0.717) is 0 Å². The van der Waals surface area contributed by atoms with Crippen molar-refractivity contribution >= 4 is 35.6 Å². The van der Waals surface area contributed by atoms with Crippen LogP contribution in [-0.4, -0.2) is 608 Å². The molecule has 0 radical (unpaired) electrons. The summed E-state index contributed by atoms with van der Waals surface area (Å²) in [5.41, 5.74) is -0.882. The van der Waals surface area contributed by atoms with Crippen molar-refractivity contribution in [2.45, 2.75) is 411 Å². The highest BCUT2D eigenvalue weighted by Crippen LogP contribution is 2.45. The van der Waals surface area contributed by atoms with Crippen LogP contribution in [0.3, 0.4) is 0 Å². The molecule has 63 heteroatoms. The predicted molar refractivity (Wildman–Crippen MR) is 467 cm³/mol. The molecule has 11 fully saturated rings. The second kappa shape index (κ2) is 52.5. The molecule has 63 nitrogen and oxygen atoms in total. The van der Waals surface area contributed by atoms with Gasteiger partial charge in [-0.25, -0.2) is 9.59 Å². The highest BCUT2D eigenvalue weighted by molar-refractivity contribution is 5.77. The van der Waals surface area contributed by atoms with Crippen LogP contribution in [0.15, 0.2) is 0 Å². The van der Waals surface area contributed by atoms with Crippen molar-refractivity contribution in [3.05, 3.63) is 0 Å². The van der Waals surface area contributed by atoms with Gasteiger partial charge in [-0.15, -0.1) is 0 Å². The number of carboxylic acids is 2. The van der Waals surface area contributed by atoms with Crippen LogP contribution in [0.5, 0.6) is 0 Å². The third-order valence-electron chi connectivity index (χ3n) is 28.2. The lowest BCUT2D eigenvalue weighted by Crippen LogP contribution is -2.71. The van der Waals surface area contributed by atoms with E-state index in [1.54, 1.807) is 20.8 Å². The van der Waals surface area contributed by atoms with E-state index in [0.717, 1.165) is 27.7 Å². The zero-order chi connectivity index (χ0) is 111. The Morgan fingerprint density at radius 1 is 0.309 bits per heavy atom. The first-order valence-corrected chi connectivity index (χ1v) is 48.1. The second-order valence-corrected chi connectivity index (χ2v) is 39.8. The maximum Gasteiger partial charge on any atom is 0.364 e. The van der Waals surface area contributed by atoms with Gasteiger partial charge in [-0.2, -0.15) is 0 Å². The van der Waals surface area contributed by atoms with Gasteiger partial charge in [-0.1, -0.05) is 34.6 Å². The molecule has 0 aromatic heterocycles. The zero-order valence-electron chi connectivity index (χ0n) is 81.8. The SMILES string of the molecule is CC(=O)NC1C(OC2C(OCC3OC(OC4C(CO)OC(OC5C(CO)OC(C(C)(C)C)C(NC(C)=O)C5O)C(NC(C)=O)C4O)C(O)C(OC4OC(CO)C(O)C(O)C4OC4OC(CO)C(OC5OC(COC6(C(=O)O)CC(O)C(C)C([C@H](O)[C@H](O)CO)O6)C(O)C(O)C5O)C(O)C4NC(C)=O)C3O)OC(CO)C(O)C2O)OC(CO)C(OC2OC(COC3(C(=O)O)CC(O)C(C)C([C@H](O)[C@H](O)CO)O3)C(O)C(O)C2O)C1O. The Balaban J connectivity index is 0.895. The molecule has 11 saturated heterocycles. The third kappa shape index (κ3) is 27.3. The molecule has 11 aliphatic rings. The minimum atomic E-state index is -2.96. The number of carbonyl (C=O) groups excluding carboxylic acids is 4. The number of rotatable bonds is 41. The summed E-state index contributed by atoms with van der Waals surface area (Å²) in [6.07, 6.45) is -108. The Hall–Kier alpha value is -5.22. The maximum absolute atomic E-state index is 13.3. The van der Waals surface area contributed by atoms with Crippen LogP contribution in [0.2, 0.25) is 0 Å². The summed E-state index contributed by atoms with van der Waals surface area (Å²) < 4.78 is 126. The Kier molecular flexibility index (Phi) is 43.7.